The maximum Gasteiger partial charge on any atom is 0.159 e. The SMILES string of the molecule is CCC=CC1CCC(c2ccc(F)c(F)c2)CC1. The van der Waals surface area contributed by atoms with Crippen LogP contribution in [0.3, 0.4) is 0 Å². The van der Waals surface area contributed by atoms with E-state index in [1.165, 1.54) is 12.1 Å². The molecule has 1 fully saturated rings. The molecule has 0 nitrogen and oxygen atoms in total. The topological polar surface area (TPSA) is 0 Å². The highest BCUT2D eigenvalue weighted by atomic mass is 19.2. The van der Waals surface area contributed by atoms with Gasteiger partial charge in [-0.25, -0.2) is 8.78 Å². The van der Waals surface area contributed by atoms with Gasteiger partial charge in [0, 0.05) is 0 Å². The summed E-state index contributed by atoms with van der Waals surface area (Å²) >= 11 is 0. The molecule has 1 aromatic carbocycles. The van der Waals surface area contributed by atoms with Crippen molar-refractivity contribution in [1.29, 1.82) is 0 Å². The second-order valence-corrected chi connectivity index (χ2v) is 5.12. The van der Waals surface area contributed by atoms with Crippen molar-refractivity contribution in [2.24, 2.45) is 5.92 Å². The molecule has 2 heteroatoms. The summed E-state index contributed by atoms with van der Waals surface area (Å²) in [6.07, 6.45) is 10.1. The quantitative estimate of drug-likeness (QED) is 0.646. The standard InChI is InChI=1S/C16H20F2/c1-2-3-4-12-5-7-13(8-6-12)14-9-10-15(17)16(18)11-14/h3-4,9-13H,2,5-8H2,1H3. The normalized spacial score (nSPS) is 24.6. The smallest absolute Gasteiger partial charge is 0.159 e. The van der Waals surface area contributed by atoms with E-state index in [0.717, 1.165) is 37.7 Å². The van der Waals surface area contributed by atoms with Crippen molar-refractivity contribution >= 4 is 0 Å². The molecule has 18 heavy (non-hydrogen) atoms. The van der Waals surface area contributed by atoms with Crippen molar-refractivity contribution in [2.75, 3.05) is 0 Å². The summed E-state index contributed by atoms with van der Waals surface area (Å²) in [4.78, 5) is 0. The first kappa shape index (κ1) is 13.3. The average Bonchev–Trinajstić information content (AvgIpc) is 2.40. The minimum absolute atomic E-state index is 0.395. The third kappa shape index (κ3) is 3.18. The van der Waals surface area contributed by atoms with Crippen LogP contribution in [0.4, 0.5) is 8.78 Å². The summed E-state index contributed by atoms with van der Waals surface area (Å²) < 4.78 is 26.1. The summed E-state index contributed by atoms with van der Waals surface area (Å²) in [5.41, 5.74) is 0.951. The summed E-state index contributed by atoms with van der Waals surface area (Å²) in [5.74, 6) is -0.406. The molecule has 0 saturated heterocycles. The van der Waals surface area contributed by atoms with Crippen molar-refractivity contribution in [3.8, 4) is 0 Å². The van der Waals surface area contributed by atoms with Crippen LogP contribution in [0.1, 0.15) is 50.5 Å². The van der Waals surface area contributed by atoms with Gasteiger partial charge in [0.25, 0.3) is 0 Å². The van der Waals surface area contributed by atoms with E-state index in [1.54, 1.807) is 6.07 Å². The molecule has 0 aromatic heterocycles. The minimum Gasteiger partial charge on any atom is -0.204 e. The van der Waals surface area contributed by atoms with E-state index < -0.39 is 11.6 Å². The van der Waals surface area contributed by atoms with E-state index in [2.05, 4.69) is 19.1 Å². The first-order valence-electron chi connectivity index (χ1n) is 6.82. The predicted molar refractivity (Wildman–Crippen MR) is 70.5 cm³/mol. The van der Waals surface area contributed by atoms with Crippen molar-refractivity contribution in [2.45, 2.75) is 44.9 Å². The molecule has 1 aromatic rings. The van der Waals surface area contributed by atoms with Crippen LogP contribution < -0.4 is 0 Å². The molecule has 0 bridgehead atoms. The Morgan fingerprint density at radius 3 is 2.44 bits per heavy atom. The monoisotopic (exact) mass is 250 g/mol. The number of rotatable bonds is 3. The zero-order valence-electron chi connectivity index (χ0n) is 10.8. The minimum atomic E-state index is -0.752. The van der Waals surface area contributed by atoms with E-state index in [9.17, 15) is 8.78 Å². The van der Waals surface area contributed by atoms with Crippen LogP contribution >= 0.6 is 0 Å². The van der Waals surface area contributed by atoms with Gasteiger partial charge in [0.1, 0.15) is 0 Å². The summed E-state index contributed by atoms with van der Waals surface area (Å²) in [6.45, 7) is 2.14. The predicted octanol–water partition coefficient (Wildman–Crippen LogP) is 5.20. The molecule has 2 rings (SSSR count). The van der Waals surface area contributed by atoms with E-state index in [1.807, 2.05) is 0 Å². The van der Waals surface area contributed by atoms with Gasteiger partial charge in [-0.1, -0.05) is 25.1 Å². The van der Waals surface area contributed by atoms with Crippen LogP contribution in [-0.4, -0.2) is 0 Å². The fraction of sp³-hybridized carbons (Fsp3) is 0.500. The van der Waals surface area contributed by atoms with Crippen molar-refractivity contribution < 1.29 is 8.78 Å². The highest BCUT2D eigenvalue weighted by Gasteiger charge is 2.21. The molecular formula is C16H20F2. The Hall–Kier alpha value is -1.18. The lowest BCUT2D eigenvalue weighted by Gasteiger charge is -2.27. The summed E-state index contributed by atoms with van der Waals surface area (Å²) in [7, 11) is 0. The van der Waals surface area contributed by atoms with Crippen LogP contribution in [0, 0.1) is 17.6 Å². The Bertz CT molecular complexity index is 415. The zero-order valence-corrected chi connectivity index (χ0v) is 10.8. The summed E-state index contributed by atoms with van der Waals surface area (Å²) in [6, 6.07) is 4.33. The Kier molecular flexibility index (Phi) is 4.51. The molecule has 1 saturated carbocycles. The molecule has 0 amide bonds. The van der Waals surface area contributed by atoms with Crippen LogP contribution in [0.15, 0.2) is 30.4 Å². The summed E-state index contributed by atoms with van der Waals surface area (Å²) in [5, 5.41) is 0. The van der Waals surface area contributed by atoms with E-state index in [0.29, 0.717) is 11.8 Å². The molecule has 0 radical (unpaired) electrons. The third-order valence-electron chi connectivity index (χ3n) is 3.83. The van der Waals surface area contributed by atoms with Gasteiger partial charge in [-0.3, -0.25) is 0 Å². The van der Waals surface area contributed by atoms with Crippen LogP contribution in [0.25, 0.3) is 0 Å². The number of halogens is 2. The fourth-order valence-corrected chi connectivity index (χ4v) is 2.74. The van der Waals surface area contributed by atoms with Crippen LogP contribution in [0.2, 0.25) is 0 Å². The largest absolute Gasteiger partial charge is 0.204 e. The number of hydrogen-bond donors (Lipinski definition) is 0. The van der Waals surface area contributed by atoms with Crippen molar-refractivity contribution in [3.05, 3.63) is 47.5 Å². The Morgan fingerprint density at radius 2 is 1.83 bits per heavy atom. The Morgan fingerprint density at radius 1 is 1.11 bits per heavy atom. The lowest BCUT2D eigenvalue weighted by Crippen LogP contribution is -2.12. The highest BCUT2D eigenvalue weighted by Crippen LogP contribution is 2.36. The van der Waals surface area contributed by atoms with Crippen LogP contribution in [0.5, 0.6) is 0 Å². The number of benzene rings is 1. The zero-order chi connectivity index (χ0) is 13.0. The lowest BCUT2D eigenvalue weighted by molar-refractivity contribution is 0.374. The van der Waals surface area contributed by atoms with Gasteiger partial charge >= 0.3 is 0 Å². The number of hydrogen-bond acceptors (Lipinski definition) is 0. The Balaban J connectivity index is 1.96. The second kappa shape index (κ2) is 6.12. The average molecular weight is 250 g/mol. The van der Waals surface area contributed by atoms with Gasteiger partial charge in [-0.2, -0.15) is 0 Å². The van der Waals surface area contributed by atoms with E-state index in [-0.39, 0.29) is 0 Å². The maximum absolute atomic E-state index is 13.2. The fourth-order valence-electron chi connectivity index (χ4n) is 2.74. The number of allylic oxidation sites excluding steroid dienone is 2. The lowest BCUT2D eigenvalue weighted by atomic mass is 9.78. The van der Waals surface area contributed by atoms with E-state index in [4.69, 9.17) is 0 Å². The second-order valence-electron chi connectivity index (χ2n) is 5.12. The van der Waals surface area contributed by atoms with Gasteiger partial charge in [0.2, 0.25) is 0 Å². The molecule has 1 aliphatic carbocycles. The first-order valence-corrected chi connectivity index (χ1v) is 6.82. The highest BCUT2D eigenvalue weighted by molar-refractivity contribution is 5.22. The molecule has 0 spiro atoms. The van der Waals surface area contributed by atoms with Gasteiger partial charge in [0.05, 0.1) is 0 Å². The third-order valence-corrected chi connectivity index (χ3v) is 3.83. The molecule has 0 atom stereocenters. The van der Waals surface area contributed by atoms with Crippen LogP contribution in [-0.2, 0) is 0 Å². The molecule has 0 N–H and O–H groups in total. The molecule has 1 aliphatic rings. The molecule has 0 unspecified atom stereocenters. The van der Waals surface area contributed by atoms with Gasteiger partial charge in [-0.15, -0.1) is 0 Å². The van der Waals surface area contributed by atoms with Crippen molar-refractivity contribution in [3.63, 3.8) is 0 Å². The molecule has 0 aliphatic heterocycles. The van der Waals surface area contributed by atoms with E-state index >= 15 is 0 Å². The first-order chi connectivity index (χ1) is 8.70. The van der Waals surface area contributed by atoms with Gasteiger partial charge in [-0.05, 0) is 61.6 Å². The van der Waals surface area contributed by atoms with Gasteiger partial charge in [0.15, 0.2) is 11.6 Å². The van der Waals surface area contributed by atoms with Gasteiger partial charge < -0.3 is 0 Å². The van der Waals surface area contributed by atoms with Crippen molar-refractivity contribution in [1.82, 2.24) is 0 Å². The Labute approximate surface area is 108 Å². The molecule has 98 valence electrons. The molecular weight excluding hydrogens is 230 g/mol. The maximum atomic E-state index is 13.2. The molecule has 0 heterocycles.